The number of piperidine rings is 1. The Morgan fingerprint density at radius 2 is 1.95 bits per heavy atom. The van der Waals surface area contributed by atoms with Crippen LogP contribution in [-0.2, 0) is 10.3 Å². The lowest BCUT2D eigenvalue weighted by molar-refractivity contribution is -0.0254. The Labute approximate surface area is 224 Å². The van der Waals surface area contributed by atoms with E-state index in [0.717, 1.165) is 66.5 Å². The number of nitrogens with zero attached hydrogens (tertiary/aromatic N) is 1. The third kappa shape index (κ3) is 6.04. The number of halogens is 1. The second-order valence-electron chi connectivity index (χ2n) is 9.75. The van der Waals surface area contributed by atoms with Crippen molar-refractivity contribution < 1.29 is 19.3 Å². The summed E-state index contributed by atoms with van der Waals surface area (Å²) in [5.74, 6) is 1.67. The van der Waals surface area contributed by atoms with Crippen LogP contribution in [0.4, 0.5) is 0 Å². The number of benzene rings is 2. The Bertz CT molecular complexity index is 1180. The first-order chi connectivity index (χ1) is 18.1. The molecule has 0 spiro atoms. The number of fused-ring (bicyclic) bond motifs is 1. The van der Waals surface area contributed by atoms with Gasteiger partial charge in [0, 0.05) is 49.4 Å². The highest BCUT2D eigenvalue weighted by Gasteiger charge is 2.33. The van der Waals surface area contributed by atoms with E-state index < -0.39 is 5.60 Å². The molecule has 3 aliphatic heterocycles. The van der Waals surface area contributed by atoms with Crippen molar-refractivity contribution in [2.75, 3.05) is 53.1 Å². The zero-order chi connectivity index (χ0) is 25.7. The Balaban J connectivity index is 1.30. The number of ether oxygens (including phenoxy) is 3. The molecule has 0 aromatic heterocycles. The number of dihydropyridines is 1. The molecule has 37 heavy (non-hydrogen) atoms. The van der Waals surface area contributed by atoms with E-state index >= 15 is 0 Å². The molecule has 2 N–H and O–H groups in total. The van der Waals surface area contributed by atoms with Gasteiger partial charge in [-0.2, -0.15) is 0 Å². The molecule has 6 nitrogen and oxygen atoms in total. The standard InChI is InChI=1S/C30H35ClN2O4/c1-35-18-19-36-24-10-11-29-27(20-24)25(26-4-2-14-32-28(26)21-37-29)5-3-15-33-16-12-30(34,13-17-33)22-6-8-23(31)9-7-22/h2,4-11,20,32,34H,3,12-19,21H2,1H3. The number of methoxy groups -OCH3 is 1. The first kappa shape index (κ1) is 25.9. The first-order valence-corrected chi connectivity index (χ1v) is 13.4. The Hall–Kier alpha value is -2.77. The van der Waals surface area contributed by atoms with Crippen LogP contribution in [0.3, 0.4) is 0 Å². The van der Waals surface area contributed by atoms with E-state index in [1.54, 1.807) is 7.11 Å². The van der Waals surface area contributed by atoms with Crippen molar-refractivity contribution in [3.05, 3.63) is 88.1 Å². The average Bonchev–Trinajstić information content (AvgIpc) is 3.07. The summed E-state index contributed by atoms with van der Waals surface area (Å²) in [5, 5.41) is 15.4. The molecule has 3 aliphatic rings. The molecule has 7 heteroatoms. The molecule has 0 unspecified atom stereocenters. The number of aliphatic hydroxyl groups is 1. The van der Waals surface area contributed by atoms with Gasteiger partial charge in [0.05, 0.1) is 17.9 Å². The number of hydrogen-bond donors (Lipinski definition) is 2. The summed E-state index contributed by atoms with van der Waals surface area (Å²) in [7, 11) is 1.67. The first-order valence-electron chi connectivity index (χ1n) is 13.0. The molecule has 0 atom stereocenters. The van der Waals surface area contributed by atoms with Crippen molar-refractivity contribution in [3.8, 4) is 11.5 Å². The third-order valence-corrected chi connectivity index (χ3v) is 7.61. The lowest BCUT2D eigenvalue weighted by atomic mass is 9.84. The molecular weight excluding hydrogens is 488 g/mol. The van der Waals surface area contributed by atoms with Crippen LogP contribution in [0.25, 0.3) is 5.57 Å². The van der Waals surface area contributed by atoms with Gasteiger partial charge in [-0.15, -0.1) is 0 Å². The largest absolute Gasteiger partial charge is 0.491 e. The second-order valence-corrected chi connectivity index (χ2v) is 10.2. The number of nitrogens with one attached hydrogen (secondary N) is 1. The fourth-order valence-electron chi connectivity index (χ4n) is 5.22. The van der Waals surface area contributed by atoms with Gasteiger partial charge in [0.2, 0.25) is 0 Å². The molecule has 0 aliphatic carbocycles. The summed E-state index contributed by atoms with van der Waals surface area (Å²) >= 11 is 6.04. The van der Waals surface area contributed by atoms with Gasteiger partial charge in [-0.05, 0) is 60.7 Å². The molecule has 1 fully saturated rings. The van der Waals surface area contributed by atoms with Gasteiger partial charge < -0.3 is 29.5 Å². The normalized spacial score (nSPS) is 20.0. The van der Waals surface area contributed by atoms with Crippen LogP contribution < -0.4 is 14.8 Å². The van der Waals surface area contributed by atoms with E-state index in [1.807, 2.05) is 36.4 Å². The van der Waals surface area contributed by atoms with Crippen LogP contribution in [0, 0.1) is 0 Å². The molecule has 5 rings (SSSR count). The zero-order valence-corrected chi connectivity index (χ0v) is 22.1. The summed E-state index contributed by atoms with van der Waals surface area (Å²) in [5.41, 5.74) is 4.66. The molecule has 2 aromatic carbocycles. The summed E-state index contributed by atoms with van der Waals surface area (Å²) < 4.78 is 17.2. The highest BCUT2D eigenvalue weighted by atomic mass is 35.5. The fourth-order valence-corrected chi connectivity index (χ4v) is 5.34. The lowest BCUT2D eigenvalue weighted by Gasteiger charge is -2.38. The Morgan fingerprint density at radius 1 is 1.14 bits per heavy atom. The topological polar surface area (TPSA) is 63.2 Å². The van der Waals surface area contributed by atoms with Gasteiger partial charge >= 0.3 is 0 Å². The SMILES string of the molecule is COCCOc1ccc2c(c1)C(=CCCN1CCC(O)(c3ccc(Cl)cc3)CC1)C1=C(CO2)NCC=C1. The minimum absolute atomic E-state index is 0.502. The number of allylic oxidation sites excluding steroid dienone is 3. The molecule has 2 aromatic rings. The minimum Gasteiger partial charge on any atom is -0.491 e. The van der Waals surface area contributed by atoms with E-state index in [2.05, 4.69) is 34.5 Å². The zero-order valence-electron chi connectivity index (χ0n) is 21.3. The van der Waals surface area contributed by atoms with Gasteiger partial charge in [-0.25, -0.2) is 0 Å². The van der Waals surface area contributed by atoms with Gasteiger partial charge in [-0.3, -0.25) is 0 Å². The second kappa shape index (κ2) is 11.7. The predicted molar refractivity (Wildman–Crippen MR) is 147 cm³/mol. The third-order valence-electron chi connectivity index (χ3n) is 7.36. The highest BCUT2D eigenvalue weighted by molar-refractivity contribution is 6.30. The van der Waals surface area contributed by atoms with E-state index in [1.165, 1.54) is 5.57 Å². The van der Waals surface area contributed by atoms with Crippen molar-refractivity contribution in [3.63, 3.8) is 0 Å². The summed E-state index contributed by atoms with van der Waals surface area (Å²) in [6.45, 7) is 5.01. The number of hydrogen-bond acceptors (Lipinski definition) is 6. The van der Waals surface area contributed by atoms with Crippen molar-refractivity contribution in [2.45, 2.75) is 24.9 Å². The highest BCUT2D eigenvalue weighted by Crippen LogP contribution is 2.39. The summed E-state index contributed by atoms with van der Waals surface area (Å²) in [6.07, 6.45) is 8.99. The van der Waals surface area contributed by atoms with Crippen LogP contribution in [-0.4, -0.2) is 63.1 Å². The molecule has 0 radical (unpaired) electrons. The maximum Gasteiger partial charge on any atom is 0.128 e. The van der Waals surface area contributed by atoms with Gasteiger partial charge in [0.15, 0.2) is 0 Å². The molecule has 1 saturated heterocycles. The number of likely N-dealkylation sites (tertiary alicyclic amines) is 1. The van der Waals surface area contributed by atoms with Crippen LogP contribution >= 0.6 is 11.6 Å². The minimum atomic E-state index is -0.783. The molecule has 0 amide bonds. The monoisotopic (exact) mass is 522 g/mol. The van der Waals surface area contributed by atoms with Crippen molar-refractivity contribution in [2.24, 2.45) is 0 Å². The molecule has 3 heterocycles. The van der Waals surface area contributed by atoms with Gasteiger partial charge in [0.25, 0.3) is 0 Å². The van der Waals surface area contributed by atoms with Crippen molar-refractivity contribution >= 4 is 17.2 Å². The van der Waals surface area contributed by atoms with Crippen molar-refractivity contribution in [1.82, 2.24) is 10.2 Å². The predicted octanol–water partition coefficient (Wildman–Crippen LogP) is 4.93. The lowest BCUT2D eigenvalue weighted by Crippen LogP contribution is -2.42. The van der Waals surface area contributed by atoms with Gasteiger partial charge in [0.1, 0.15) is 24.7 Å². The Kier molecular flexibility index (Phi) is 8.20. The number of rotatable bonds is 8. The molecule has 0 bridgehead atoms. The van der Waals surface area contributed by atoms with E-state index in [-0.39, 0.29) is 0 Å². The van der Waals surface area contributed by atoms with E-state index in [0.29, 0.717) is 37.7 Å². The fraction of sp³-hybridized carbons (Fsp3) is 0.400. The maximum atomic E-state index is 11.2. The van der Waals surface area contributed by atoms with Crippen LogP contribution in [0.5, 0.6) is 11.5 Å². The van der Waals surface area contributed by atoms with Gasteiger partial charge in [-0.1, -0.05) is 42.0 Å². The van der Waals surface area contributed by atoms with Crippen LogP contribution in [0.1, 0.15) is 30.4 Å². The quantitative estimate of drug-likeness (QED) is 0.479. The molecule has 0 saturated carbocycles. The molecule has 196 valence electrons. The van der Waals surface area contributed by atoms with Crippen LogP contribution in [0.2, 0.25) is 5.02 Å². The average molecular weight is 523 g/mol. The Morgan fingerprint density at radius 3 is 2.73 bits per heavy atom. The van der Waals surface area contributed by atoms with E-state index in [9.17, 15) is 5.11 Å². The van der Waals surface area contributed by atoms with Crippen LogP contribution in [0.15, 0.2) is 72.0 Å². The summed E-state index contributed by atoms with van der Waals surface area (Å²) in [4.78, 5) is 2.43. The summed E-state index contributed by atoms with van der Waals surface area (Å²) in [6, 6.07) is 13.6. The van der Waals surface area contributed by atoms with E-state index in [4.69, 9.17) is 25.8 Å². The van der Waals surface area contributed by atoms with Crippen molar-refractivity contribution in [1.29, 1.82) is 0 Å². The smallest absolute Gasteiger partial charge is 0.128 e. The molecular formula is C30H35ClN2O4. The maximum absolute atomic E-state index is 11.2.